The predicted octanol–water partition coefficient (Wildman–Crippen LogP) is 4.41. The number of hydrogen-bond donors (Lipinski definition) is 0. The van der Waals surface area contributed by atoms with E-state index in [2.05, 4.69) is 0 Å². The van der Waals surface area contributed by atoms with Crippen LogP contribution in [0.15, 0.2) is 62.6 Å². The quantitative estimate of drug-likeness (QED) is 0.392. The summed E-state index contributed by atoms with van der Waals surface area (Å²) in [6, 6.07) is 12.6. The Morgan fingerprint density at radius 3 is 2.61 bits per heavy atom. The zero-order valence-corrected chi connectivity index (χ0v) is 19.6. The van der Waals surface area contributed by atoms with Crippen LogP contribution >= 0.6 is 0 Å². The number of ether oxygens (including phenoxy) is 1. The summed E-state index contributed by atoms with van der Waals surface area (Å²) in [6.07, 6.45) is 4.85. The van der Waals surface area contributed by atoms with E-state index in [-0.39, 0.29) is 23.1 Å². The number of carbonyl (C=O) groups is 1. The molecule has 1 aliphatic carbocycles. The van der Waals surface area contributed by atoms with Crippen molar-refractivity contribution in [3.63, 3.8) is 0 Å². The minimum absolute atomic E-state index is 0.0268. The highest BCUT2D eigenvalue weighted by Crippen LogP contribution is 2.27. The Labute approximate surface area is 193 Å². The van der Waals surface area contributed by atoms with Crippen LogP contribution in [0.25, 0.3) is 11.0 Å². The zero-order chi connectivity index (χ0) is 23.6. The number of fused-ring (bicyclic) bond motifs is 1. The molecule has 0 radical (unpaired) electrons. The standard InChI is InChI=1S/C25H27NO6S/c1-17-11-12-22-19(15-24(27)32-23(22)13-17)16-31-25(28)18-7-6-10-21(14-18)33(29,30)26(2)20-8-4-3-5-9-20/h6-7,10-15,20H,3-5,8-9,16H2,1-2H3. The predicted molar refractivity (Wildman–Crippen MR) is 125 cm³/mol. The minimum Gasteiger partial charge on any atom is -0.457 e. The molecule has 33 heavy (non-hydrogen) atoms. The van der Waals surface area contributed by atoms with Gasteiger partial charge >= 0.3 is 11.6 Å². The molecular weight excluding hydrogens is 442 g/mol. The van der Waals surface area contributed by atoms with E-state index in [0.717, 1.165) is 37.7 Å². The normalized spacial score (nSPS) is 15.1. The Balaban J connectivity index is 1.53. The van der Waals surface area contributed by atoms with E-state index in [0.29, 0.717) is 16.5 Å². The highest BCUT2D eigenvalue weighted by atomic mass is 32.2. The van der Waals surface area contributed by atoms with Crippen molar-refractivity contribution >= 4 is 27.0 Å². The van der Waals surface area contributed by atoms with E-state index >= 15 is 0 Å². The van der Waals surface area contributed by atoms with Crippen LogP contribution in [0, 0.1) is 6.92 Å². The monoisotopic (exact) mass is 469 g/mol. The van der Waals surface area contributed by atoms with Gasteiger partial charge in [-0.3, -0.25) is 0 Å². The van der Waals surface area contributed by atoms with Gasteiger partial charge in [0.1, 0.15) is 12.2 Å². The van der Waals surface area contributed by atoms with E-state index in [1.54, 1.807) is 13.1 Å². The molecule has 0 bridgehead atoms. The van der Waals surface area contributed by atoms with Crippen molar-refractivity contribution in [2.75, 3.05) is 7.05 Å². The van der Waals surface area contributed by atoms with Gasteiger partial charge in [0.25, 0.3) is 0 Å². The van der Waals surface area contributed by atoms with Crippen LogP contribution in [0.2, 0.25) is 0 Å². The maximum Gasteiger partial charge on any atom is 0.338 e. The third-order valence-electron chi connectivity index (χ3n) is 6.18. The summed E-state index contributed by atoms with van der Waals surface area (Å²) in [5.41, 5.74) is 1.49. The molecule has 0 unspecified atom stereocenters. The van der Waals surface area contributed by atoms with Gasteiger partial charge in [0.2, 0.25) is 10.0 Å². The van der Waals surface area contributed by atoms with Gasteiger partial charge in [-0.05, 0) is 49.6 Å². The molecule has 0 spiro atoms. The fourth-order valence-electron chi connectivity index (χ4n) is 4.27. The van der Waals surface area contributed by atoms with Gasteiger partial charge in [0, 0.05) is 30.1 Å². The summed E-state index contributed by atoms with van der Waals surface area (Å²) >= 11 is 0. The zero-order valence-electron chi connectivity index (χ0n) is 18.7. The molecule has 0 saturated heterocycles. The Hall–Kier alpha value is -2.97. The van der Waals surface area contributed by atoms with Gasteiger partial charge in [0.05, 0.1) is 10.5 Å². The Kier molecular flexibility index (Phi) is 6.67. The van der Waals surface area contributed by atoms with E-state index < -0.39 is 21.6 Å². The van der Waals surface area contributed by atoms with Gasteiger partial charge in [0.15, 0.2) is 0 Å². The van der Waals surface area contributed by atoms with Crippen molar-refractivity contribution in [3.8, 4) is 0 Å². The molecule has 174 valence electrons. The number of esters is 1. The van der Waals surface area contributed by atoms with E-state index in [9.17, 15) is 18.0 Å². The Bertz CT molecular complexity index is 1340. The summed E-state index contributed by atoms with van der Waals surface area (Å²) in [7, 11) is -2.13. The van der Waals surface area contributed by atoms with Crippen molar-refractivity contribution in [1.29, 1.82) is 0 Å². The minimum atomic E-state index is -3.73. The Morgan fingerprint density at radius 2 is 1.85 bits per heavy atom. The van der Waals surface area contributed by atoms with Gasteiger partial charge in [-0.15, -0.1) is 0 Å². The lowest BCUT2D eigenvalue weighted by Gasteiger charge is -2.30. The highest BCUT2D eigenvalue weighted by Gasteiger charge is 2.29. The SMILES string of the molecule is Cc1ccc2c(COC(=O)c3cccc(S(=O)(=O)N(C)C4CCCCC4)c3)cc(=O)oc2c1. The smallest absolute Gasteiger partial charge is 0.338 e. The van der Waals surface area contributed by atoms with Crippen molar-refractivity contribution in [1.82, 2.24) is 4.31 Å². The summed E-state index contributed by atoms with van der Waals surface area (Å²) in [5, 5.41) is 0.679. The number of carbonyl (C=O) groups excluding carboxylic acids is 1. The molecule has 2 aromatic carbocycles. The molecule has 7 nitrogen and oxygen atoms in total. The van der Waals surface area contributed by atoms with Crippen LogP contribution in [-0.2, 0) is 21.4 Å². The average Bonchev–Trinajstić information content (AvgIpc) is 2.82. The fraction of sp³-hybridized carbons (Fsp3) is 0.360. The second kappa shape index (κ2) is 9.49. The largest absolute Gasteiger partial charge is 0.457 e. The summed E-state index contributed by atoms with van der Waals surface area (Å²) in [4.78, 5) is 24.7. The molecule has 1 aliphatic rings. The summed E-state index contributed by atoms with van der Waals surface area (Å²) in [6.45, 7) is 1.75. The molecule has 1 aromatic heterocycles. The number of sulfonamides is 1. The maximum atomic E-state index is 13.1. The van der Waals surface area contributed by atoms with Crippen molar-refractivity contribution in [2.24, 2.45) is 0 Å². The number of rotatable bonds is 6. The van der Waals surface area contributed by atoms with E-state index in [1.807, 2.05) is 19.1 Å². The van der Waals surface area contributed by atoms with Crippen molar-refractivity contribution < 1.29 is 22.4 Å². The number of nitrogens with zero attached hydrogens (tertiary/aromatic N) is 1. The summed E-state index contributed by atoms with van der Waals surface area (Å²) < 4.78 is 38.3. The van der Waals surface area contributed by atoms with Crippen LogP contribution in [0.3, 0.4) is 0 Å². The van der Waals surface area contributed by atoms with Gasteiger partial charge in [-0.1, -0.05) is 37.5 Å². The first-order valence-corrected chi connectivity index (χ1v) is 12.5. The van der Waals surface area contributed by atoms with Crippen LogP contribution < -0.4 is 5.63 Å². The lowest BCUT2D eigenvalue weighted by molar-refractivity contribution is 0.0473. The molecule has 1 fully saturated rings. The molecule has 0 aliphatic heterocycles. The first-order chi connectivity index (χ1) is 15.8. The molecule has 1 heterocycles. The van der Waals surface area contributed by atoms with Crippen LogP contribution in [0.4, 0.5) is 0 Å². The first kappa shape index (κ1) is 23.2. The van der Waals surface area contributed by atoms with Crippen LogP contribution in [0.5, 0.6) is 0 Å². The fourth-order valence-corrected chi connectivity index (χ4v) is 5.74. The second-order valence-electron chi connectivity index (χ2n) is 8.51. The maximum absolute atomic E-state index is 13.1. The number of hydrogen-bond acceptors (Lipinski definition) is 6. The van der Waals surface area contributed by atoms with E-state index in [4.69, 9.17) is 9.15 Å². The number of aryl methyl sites for hydroxylation is 1. The second-order valence-corrected chi connectivity index (χ2v) is 10.5. The topological polar surface area (TPSA) is 93.9 Å². The molecular formula is C25H27NO6S. The molecule has 1 saturated carbocycles. The highest BCUT2D eigenvalue weighted by molar-refractivity contribution is 7.89. The molecule has 0 atom stereocenters. The lowest BCUT2D eigenvalue weighted by Crippen LogP contribution is -2.38. The van der Waals surface area contributed by atoms with Crippen LogP contribution in [-0.4, -0.2) is 31.8 Å². The average molecular weight is 470 g/mol. The van der Waals surface area contributed by atoms with Crippen molar-refractivity contribution in [2.45, 2.75) is 56.6 Å². The van der Waals surface area contributed by atoms with Crippen molar-refractivity contribution in [3.05, 3.63) is 75.6 Å². The third-order valence-corrected chi connectivity index (χ3v) is 8.09. The van der Waals surface area contributed by atoms with Crippen LogP contribution in [0.1, 0.15) is 53.6 Å². The van der Waals surface area contributed by atoms with Gasteiger partial charge < -0.3 is 9.15 Å². The lowest BCUT2D eigenvalue weighted by atomic mass is 9.96. The Morgan fingerprint density at radius 1 is 1.09 bits per heavy atom. The molecule has 0 amide bonds. The van der Waals surface area contributed by atoms with Gasteiger partial charge in [-0.25, -0.2) is 18.0 Å². The molecule has 3 aromatic rings. The third kappa shape index (κ3) is 5.02. The summed E-state index contributed by atoms with van der Waals surface area (Å²) in [5.74, 6) is -0.666. The van der Waals surface area contributed by atoms with E-state index in [1.165, 1.54) is 34.6 Å². The molecule has 0 N–H and O–H groups in total. The first-order valence-electron chi connectivity index (χ1n) is 11.0. The van der Waals surface area contributed by atoms with Gasteiger partial charge in [-0.2, -0.15) is 4.31 Å². The molecule has 8 heteroatoms. The number of benzene rings is 2. The molecule has 4 rings (SSSR count).